The SMILES string of the molecule is CCCNc1cc(-c2c(F)cccc2F)ncn1. The van der Waals surface area contributed by atoms with Crippen molar-refractivity contribution in [2.45, 2.75) is 13.3 Å². The van der Waals surface area contributed by atoms with Crippen LogP contribution in [0.5, 0.6) is 0 Å². The highest BCUT2D eigenvalue weighted by Crippen LogP contribution is 2.24. The molecule has 0 unspecified atom stereocenters. The van der Waals surface area contributed by atoms with Crippen molar-refractivity contribution >= 4 is 5.82 Å². The molecule has 1 heterocycles. The molecule has 0 radical (unpaired) electrons. The van der Waals surface area contributed by atoms with E-state index in [1.54, 1.807) is 0 Å². The van der Waals surface area contributed by atoms with E-state index in [0.29, 0.717) is 5.82 Å². The molecule has 1 aromatic heterocycles. The molecular formula is C13H13F2N3. The van der Waals surface area contributed by atoms with E-state index in [-0.39, 0.29) is 11.3 Å². The van der Waals surface area contributed by atoms with Crippen LogP contribution in [0.3, 0.4) is 0 Å². The topological polar surface area (TPSA) is 37.8 Å². The number of rotatable bonds is 4. The first-order valence-electron chi connectivity index (χ1n) is 5.72. The van der Waals surface area contributed by atoms with E-state index in [1.165, 1.54) is 30.6 Å². The van der Waals surface area contributed by atoms with Gasteiger partial charge >= 0.3 is 0 Å². The van der Waals surface area contributed by atoms with Crippen LogP contribution in [0.4, 0.5) is 14.6 Å². The summed E-state index contributed by atoms with van der Waals surface area (Å²) in [6.45, 7) is 2.77. The molecule has 1 aromatic carbocycles. The van der Waals surface area contributed by atoms with Gasteiger partial charge in [0.1, 0.15) is 23.8 Å². The Balaban J connectivity index is 2.38. The number of hydrogen-bond acceptors (Lipinski definition) is 3. The van der Waals surface area contributed by atoms with E-state index in [0.717, 1.165) is 13.0 Å². The van der Waals surface area contributed by atoms with Gasteiger partial charge in [0, 0.05) is 12.6 Å². The second-order valence-corrected chi connectivity index (χ2v) is 3.81. The fraction of sp³-hybridized carbons (Fsp3) is 0.231. The van der Waals surface area contributed by atoms with E-state index in [4.69, 9.17) is 0 Å². The minimum atomic E-state index is -0.629. The van der Waals surface area contributed by atoms with Crippen LogP contribution in [0.1, 0.15) is 13.3 Å². The van der Waals surface area contributed by atoms with Crippen molar-refractivity contribution < 1.29 is 8.78 Å². The van der Waals surface area contributed by atoms with E-state index in [9.17, 15) is 8.78 Å². The summed E-state index contributed by atoms with van der Waals surface area (Å²) in [7, 11) is 0. The van der Waals surface area contributed by atoms with Gasteiger partial charge in [-0.2, -0.15) is 0 Å². The predicted molar refractivity (Wildman–Crippen MR) is 66.2 cm³/mol. The fourth-order valence-corrected chi connectivity index (χ4v) is 1.59. The van der Waals surface area contributed by atoms with E-state index in [2.05, 4.69) is 15.3 Å². The fourth-order valence-electron chi connectivity index (χ4n) is 1.59. The van der Waals surface area contributed by atoms with Gasteiger partial charge in [-0.1, -0.05) is 13.0 Å². The van der Waals surface area contributed by atoms with Crippen molar-refractivity contribution in [1.29, 1.82) is 0 Å². The largest absolute Gasteiger partial charge is 0.370 e. The molecule has 0 aliphatic rings. The summed E-state index contributed by atoms with van der Waals surface area (Å²) in [6.07, 6.45) is 2.23. The van der Waals surface area contributed by atoms with E-state index < -0.39 is 11.6 Å². The molecule has 0 aliphatic carbocycles. The minimum absolute atomic E-state index is 0.126. The Morgan fingerprint density at radius 3 is 2.56 bits per heavy atom. The highest BCUT2D eigenvalue weighted by molar-refractivity contribution is 5.63. The van der Waals surface area contributed by atoms with E-state index >= 15 is 0 Å². The lowest BCUT2D eigenvalue weighted by atomic mass is 10.1. The number of halogens is 2. The summed E-state index contributed by atoms with van der Waals surface area (Å²) in [5, 5.41) is 3.05. The quantitative estimate of drug-likeness (QED) is 0.903. The Hall–Kier alpha value is -2.04. The summed E-state index contributed by atoms with van der Waals surface area (Å²) in [6, 6.07) is 5.28. The maximum absolute atomic E-state index is 13.6. The first-order valence-corrected chi connectivity index (χ1v) is 5.72. The van der Waals surface area contributed by atoms with Crippen LogP contribution in [0, 0.1) is 11.6 Å². The predicted octanol–water partition coefficient (Wildman–Crippen LogP) is 3.24. The summed E-state index contributed by atoms with van der Waals surface area (Å²) >= 11 is 0. The number of hydrogen-bond donors (Lipinski definition) is 1. The molecule has 0 amide bonds. The molecule has 0 atom stereocenters. The van der Waals surface area contributed by atoms with Crippen molar-refractivity contribution in [3.8, 4) is 11.3 Å². The van der Waals surface area contributed by atoms with Gasteiger partial charge in [0.25, 0.3) is 0 Å². The third kappa shape index (κ3) is 2.61. The zero-order chi connectivity index (χ0) is 13.0. The van der Waals surface area contributed by atoms with Crippen LogP contribution in [0.2, 0.25) is 0 Å². The number of benzene rings is 1. The van der Waals surface area contributed by atoms with Crippen LogP contribution in [-0.4, -0.2) is 16.5 Å². The summed E-state index contributed by atoms with van der Waals surface area (Å²) in [5.41, 5.74) is 0.110. The molecule has 0 bridgehead atoms. The van der Waals surface area contributed by atoms with Gasteiger partial charge in [-0.3, -0.25) is 0 Å². The third-order valence-electron chi connectivity index (χ3n) is 2.44. The number of nitrogens with zero attached hydrogens (tertiary/aromatic N) is 2. The molecule has 0 saturated carbocycles. The lowest BCUT2D eigenvalue weighted by molar-refractivity contribution is 0.588. The van der Waals surface area contributed by atoms with Crippen LogP contribution >= 0.6 is 0 Å². The van der Waals surface area contributed by atoms with Crippen molar-refractivity contribution in [1.82, 2.24) is 9.97 Å². The smallest absolute Gasteiger partial charge is 0.135 e. The molecule has 0 fully saturated rings. The normalized spacial score (nSPS) is 10.4. The van der Waals surface area contributed by atoms with Gasteiger partial charge in [-0.15, -0.1) is 0 Å². The lowest BCUT2D eigenvalue weighted by Crippen LogP contribution is -2.03. The second kappa shape index (κ2) is 5.53. The minimum Gasteiger partial charge on any atom is -0.370 e. The Morgan fingerprint density at radius 2 is 1.89 bits per heavy atom. The van der Waals surface area contributed by atoms with Crippen molar-refractivity contribution in [2.75, 3.05) is 11.9 Å². The monoisotopic (exact) mass is 249 g/mol. The Labute approximate surface area is 104 Å². The maximum atomic E-state index is 13.6. The Bertz CT molecular complexity index is 523. The van der Waals surface area contributed by atoms with Crippen LogP contribution in [0.25, 0.3) is 11.3 Å². The third-order valence-corrected chi connectivity index (χ3v) is 2.44. The van der Waals surface area contributed by atoms with Crippen molar-refractivity contribution in [2.24, 2.45) is 0 Å². The maximum Gasteiger partial charge on any atom is 0.135 e. The van der Waals surface area contributed by atoms with E-state index in [1.807, 2.05) is 6.92 Å². The highest BCUT2D eigenvalue weighted by Gasteiger charge is 2.12. The standard InChI is InChI=1S/C13H13F2N3/c1-2-6-16-12-7-11(17-8-18-12)13-9(14)4-3-5-10(13)15/h3-5,7-8H,2,6H2,1H3,(H,16,17,18). The van der Waals surface area contributed by atoms with Crippen LogP contribution < -0.4 is 5.32 Å². The molecule has 0 saturated heterocycles. The highest BCUT2D eigenvalue weighted by atomic mass is 19.1. The van der Waals surface area contributed by atoms with Gasteiger partial charge in [0.05, 0.1) is 11.3 Å². The summed E-state index contributed by atoms with van der Waals surface area (Å²) < 4.78 is 27.2. The molecule has 2 aromatic rings. The molecule has 5 heteroatoms. The second-order valence-electron chi connectivity index (χ2n) is 3.81. The molecule has 18 heavy (non-hydrogen) atoms. The zero-order valence-corrected chi connectivity index (χ0v) is 9.95. The zero-order valence-electron chi connectivity index (χ0n) is 9.95. The number of anilines is 1. The first-order chi connectivity index (χ1) is 8.72. The molecule has 1 N–H and O–H groups in total. The summed E-state index contributed by atoms with van der Waals surface area (Å²) in [4.78, 5) is 7.90. The number of aromatic nitrogens is 2. The molecule has 0 aliphatic heterocycles. The average Bonchev–Trinajstić information content (AvgIpc) is 2.37. The van der Waals surface area contributed by atoms with Crippen molar-refractivity contribution in [3.05, 3.63) is 42.2 Å². The summed E-state index contributed by atoms with van der Waals surface area (Å²) in [5.74, 6) is -0.699. The lowest BCUT2D eigenvalue weighted by Gasteiger charge is -2.07. The average molecular weight is 249 g/mol. The van der Waals surface area contributed by atoms with Gasteiger partial charge in [0.2, 0.25) is 0 Å². The van der Waals surface area contributed by atoms with Crippen LogP contribution in [0.15, 0.2) is 30.6 Å². The van der Waals surface area contributed by atoms with Crippen LogP contribution in [-0.2, 0) is 0 Å². The first kappa shape index (κ1) is 12.4. The van der Waals surface area contributed by atoms with Gasteiger partial charge in [0.15, 0.2) is 0 Å². The van der Waals surface area contributed by atoms with Gasteiger partial charge in [-0.25, -0.2) is 18.7 Å². The molecule has 2 rings (SSSR count). The Kier molecular flexibility index (Phi) is 3.82. The van der Waals surface area contributed by atoms with Gasteiger partial charge < -0.3 is 5.32 Å². The van der Waals surface area contributed by atoms with Gasteiger partial charge in [-0.05, 0) is 18.6 Å². The molecule has 3 nitrogen and oxygen atoms in total. The molecule has 0 spiro atoms. The molecule has 94 valence electrons. The number of nitrogens with one attached hydrogen (secondary N) is 1. The molecular weight excluding hydrogens is 236 g/mol. The Morgan fingerprint density at radius 1 is 1.17 bits per heavy atom. The van der Waals surface area contributed by atoms with Crippen molar-refractivity contribution in [3.63, 3.8) is 0 Å².